The van der Waals surface area contributed by atoms with Crippen LogP contribution in [0.4, 0.5) is 18.3 Å². The van der Waals surface area contributed by atoms with Crippen molar-refractivity contribution in [2.24, 2.45) is 0 Å². The fourth-order valence-electron chi connectivity index (χ4n) is 2.34. The predicted octanol–water partition coefficient (Wildman–Crippen LogP) is 3.66. The lowest BCUT2D eigenvalue weighted by molar-refractivity contribution is -0.119. The molecule has 0 bridgehead atoms. The first-order valence-corrected chi connectivity index (χ1v) is 8.32. The van der Waals surface area contributed by atoms with Crippen molar-refractivity contribution in [1.29, 1.82) is 0 Å². The Balaban J connectivity index is 1.75. The average molecular weight is 319 g/mol. The van der Waals surface area contributed by atoms with Crippen LogP contribution in [0.25, 0.3) is 0 Å². The van der Waals surface area contributed by atoms with E-state index in [1.165, 1.54) is 29.1 Å². The van der Waals surface area contributed by atoms with Crippen LogP contribution in [0.15, 0.2) is 0 Å². The molecule has 2 aliphatic carbocycles. The molecule has 1 aromatic rings. The van der Waals surface area contributed by atoms with Crippen molar-refractivity contribution in [1.82, 2.24) is 10.3 Å². The fourth-order valence-corrected chi connectivity index (χ4v) is 3.50. The molecule has 0 radical (unpaired) electrons. The van der Waals surface area contributed by atoms with E-state index in [1.807, 2.05) is 0 Å². The topological polar surface area (TPSA) is 28.2 Å². The number of nitrogens with one attached hydrogen (secondary N) is 1. The van der Waals surface area contributed by atoms with Gasteiger partial charge in [-0.3, -0.25) is 0 Å². The molecule has 1 N–H and O–H groups in total. The summed E-state index contributed by atoms with van der Waals surface area (Å²) in [7, 11) is 0. The second-order valence-corrected chi connectivity index (χ2v) is 6.93. The van der Waals surface area contributed by atoms with Gasteiger partial charge in [-0.1, -0.05) is 0 Å². The largest absolute Gasteiger partial charge is 0.406 e. The monoisotopic (exact) mass is 319 g/mol. The Morgan fingerprint density at radius 1 is 1.29 bits per heavy atom. The van der Waals surface area contributed by atoms with Crippen LogP contribution in [0.3, 0.4) is 0 Å². The minimum Gasteiger partial charge on any atom is -0.339 e. The van der Waals surface area contributed by atoms with Crippen LogP contribution >= 0.6 is 11.3 Å². The highest BCUT2D eigenvalue weighted by atomic mass is 32.1. The van der Waals surface area contributed by atoms with Crippen molar-refractivity contribution >= 4 is 16.5 Å². The molecule has 2 fully saturated rings. The van der Waals surface area contributed by atoms with Crippen LogP contribution in [0, 0.1) is 0 Å². The van der Waals surface area contributed by atoms with E-state index in [0.29, 0.717) is 23.6 Å². The molecule has 0 atom stereocenters. The van der Waals surface area contributed by atoms with E-state index < -0.39 is 12.7 Å². The fraction of sp³-hybridized carbons (Fsp3) is 0.786. The van der Waals surface area contributed by atoms with Gasteiger partial charge in [-0.15, -0.1) is 11.3 Å². The van der Waals surface area contributed by atoms with Gasteiger partial charge >= 0.3 is 6.18 Å². The Bertz CT molecular complexity index is 492. The van der Waals surface area contributed by atoms with E-state index in [1.54, 1.807) is 6.92 Å². The third-order valence-electron chi connectivity index (χ3n) is 3.83. The van der Waals surface area contributed by atoms with Gasteiger partial charge in [0.2, 0.25) is 0 Å². The second-order valence-electron chi connectivity index (χ2n) is 5.86. The summed E-state index contributed by atoms with van der Waals surface area (Å²) in [6.07, 6.45) is 0.461. The van der Waals surface area contributed by atoms with Crippen molar-refractivity contribution in [3.05, 3.63) is 10.6 Å². The summed E-state index contributed by atoms with van der Waals surface area (Å²) >= 11 is 1.42. The van der Waals surface area contributed by atoms with Gasteiger partial charge in [0, 0.05) is 29.9 Å². The number of nitrogens with zero attached hydrogens (tertiary/aromatic N) is 2. The third-order valence-corrected chi connectivity index (χ3v) is 4.96. The van der Waals surface area contributed by atoms with Crippen LogP contribution in [-0.2, 0) is 6.54 Å². The average Bonchev–Trinajstić information content (AvgIpc) is 3.32. The number of halogens is 3. The highest BCUT2D eigenvalue weighted by Gasteiger charge is 2.34. The molecule has 0 unspecified atom stereocenters. The number of hydrogen-bond acceptors (Lipinski definition) is 4. The number of hydrogen-bond donors (Lipinski definition) is 1. The molecule has 3 nitrogen and oxygen atoms in total. The van der Waals surface area contributed by atoms with Gasteiger partial charge in [0.05, 0.1) is 5.69 Å². The van der Waals surface area contributed by atoms with Gasteiger partial charge < -0.3 is 10.2 Å². The lowest BCUT2D eigenvalue weighted by Crippen LogP contribution is -2.34. The molecule has 1 aromatic heterocycles. The molecular formula is C14H20F3N3S. The molecule has 0 saturated heterocycles. The SMILES string of the molecule is CCN(CC(F)(F)F)c1nc(C2CC2)c(CNC2CC2)s1. The molecule has 0 aromatic carbocycles. The van der Waals surface area contributed by atoms with Crippen LogP contribution in [0.1, 0.15) is 49.1 Å². The number of aromatic nitrogens is 1. The Hall–Kier alpha value is -0.820. The molecule has 0 aliphatic heterocycles. The molecule has 7 heteroatoms. The van der Waals surface area contributed by atoms with Gasteiger partial charge in [0.1, 0.15) is 6.54 Å². The predicted molar refractivity (Wildman–Crippen MR) is 77.9 cm³/mol. The summed E-state index contributed by atoms with van der Waals surface area (Å²) < 4.78 is 37.9. The molecule has 118 valence electrons. The zero-order valence-electron chi connectivity index (χ0n) is 12.0. The number of rotatable bonds is 7. The van der Waals surface area contributed by atoms with Crippen molar-refractivity contribution in [3.63, 3.8) is 0 Å². The first kappa shape index (κ1) is 15.1. The van der Waals surface area contributed by atoms with Gasteiger partial charge in [-0.05, 0) is 32.6 Å². The summed E-state index contributed by atoms with van der Waals surface area (Å²) in [6.45, 7) is 1.90. The van der Waals surface area contributed by atoms with Gasteiger partial charge in [0.25, 0.3) is 0 Å². The smallest absolute Gasteiger partial charge is 0.339 e. The summed E-state index contributed by atoms with van der Waals surface area (Å²) in [5.41, 5.74) is 1.03. The van der Waals surface area contributed by atoms with Crippen LogP contribution in [0.5, 0.6) is 0 Å². The quantitative estimate of drug-likeness (QED) is 0.831. The van der Waals surface area contributed by atoms with E-state index in [0.717, 1.165) is 30.0 Å². The maximum absolute atomic E-state index is 12.6. The Kier molecular flexibility index (Phi) is 4.14. The molecule has 2 saturated carbocycles. The molecule has 21 heavy (non-hydrogen) atoms. The molecule has 1 heterocycles. The normalized spacial score (nSPS) is 19.0. The Morgan fingerprint density at radius 2 is 2.00 bits per heavy atom. The van der Waals surface area contributed by atoms with Gasteiger partial charge in [-0.25, -0.2) is 4.98 Å². The highest BCUT2D eigenvalue weighted by Crippen LogP contribution is 2.44. The van der Waals surface area contributed by atoms with Gasteiger partial charge in [-0.2, -0.15) is 13.2 Å². The maximum atomic E-state index is 12.6. The summed E-state index contributed by atoms with van der Waals surface area (Å²) in [5.74, 6) is 0.468. The highest BCUT2D eigenvalue weighted by molar-refractivity contribution is 7.15. The standard InChI is InChI=1S/C14H20F3N3S/c1-2-20(8-14(15,16)17)13-19-12(9-3-4-9)11(21-13)7-18-10-5-6-10/h9-10,18H,2-8H2,1H3. The van der Waals surface area contributed by atoms with Crippen molar-refractivity contribution in [3.8, 4) is 0 Å². The second kappa shape index (κ2) is 5.76. The Labute approximate surface area is 126 Å². The first-order valence-electron chi connectivity index (χ1n) is 7.51. The number of alkyl halides is 3. The molecule has 2 aliphatic rings. The van der Waals surface area contributed by atoms with Crippen LogP contribution in [-0.4, -0.2) is 30.3 Å². The van der Waals surface area contributed by atoms with Gasteiger partial charge in [0.15, 0.2) is 5.13 Å². The lowest BCUT2D eigenvalue weighted by atomic mass is 10.2. The first-order chi connectivity index (χ1) is 9.96. The Morgan fingerprint density at radius 3 is 2.52 bits per heavy atom. The van der Waals surface area contributed by atoms with Crippen molar-refractivity contribution in [2.45, 2.75) is 57.3 Å². The number of thiazole rings is 1. The minimum atomic E-state index is -4.19. The summed E-state index contributed by atoms with van der Waals surface area (Å²) in [4.78, 5) is 6.99. The van der Waals surface area contributed by atoms with E-state index in [-0.39, 0.29) is 0 Å². The minimum absolute atomic E-state index is 0.326. The summed E-state index contributed by atoms with van der Waals surface area (Å²) in [5, 5.41) is 3.96. The number of anilines is 1. The molecule has 3 rings (SSSR count). The van der Waals surface area contributed by atoms with Crippen molar-refractivity contribution < 1.29 is 13.2 Å². The third kappa shape index (κ3) is 4.10. The van der Waals surface area contributed by atoms with E-state index >= 15 is 0 Å². The molecule has 0 spiro atoms. The van der Waals surface area contributed by atoms with Crippen molar-refractivity contribution in [2.75, 3.05) is 18.0 Å². The van der Waals surface area contributed by atoms with Crippen LogP contribution in [0.2, 0.25) is 0 Å². The summed E-state index contributed by atoms with van der Waals surface area (Å²) in [6, 6.07) is 0.597. The zero-order chi connectivity index (χ0) is 15.0. The molecular weight excluding hydrogens is 299 g/mol. The maximum Gasteiger partial charge on any atom is 0.406 e. The van der Waals surface area contributed by atoms with Crippen LogP contribution < -0.4 is 10.2 Å². The van der Waals surface area contributed by atoms with E-state index in [9.17, 15) is 13.2 Å². The molecule has 0 amide bonds. The zero-order valence-corrected chi connectivity index (χ0v) is 12.9. The van der Waals surface area contributed by atoms with E-state index in [4.69, 9.17) is 0 Å². The lowest BCUT2D eigenvalue weighted by Gasteiger charge is -2.21. The van der Waals surface area contributed by atoms with E-state index in [2.05, 4.69) is 10.3 Å².